The number of hydrogen-bond donors (Lipinski definition) is 1. The number of nitrogens with one attached hydrogen (secondary N) is 1. The highest BCUT2D eigenvalue weighted by Crippen LogP contribution is 2.22. The number of amides is 1. The van der Waals surface area contributed by atoms with Crippen LogP contribution in [0.3, 0.4) is 0 Å². The number of H-pyrrole nitrogens is 1. The molecule has 0 aliphatic carbocycles. The average Bonchev–Trinajstić information content (AvgIpc) is 2.93. The van der Waals surface area contributed by atoms with Gasteiger partial charge in [0, 0.05) is 25.7 Å². The number of rotatable bonds is 2. The van der Waals surface area contributed by atoms with E-state index in [0.717, 1.165) is 19.4 Å². The van der Waals surface area contributed by atoms with Crippen LogP contribution in [0.15, 0.2) is 11.1 Å². The van der Waals surface area contributed by atoms with E-state index in [2.05, 4.69) is 15.1 Å². The number of ether oxygens (including phenoxy) is 1. The third-order valence-electron chi connectivity index (χ3n) is 4.43. The van der Waals surface area contributed by atoms with E-state index in [-0.39, 0.29) is 23.7 Å². The molecule has 2 saturated heterocycles. The minimum atomic E-state index is -0.180. The Hall–Kier alpha value is -1.67. The molecule has 2 aliphatic rings. The van der Waals surface area contributed by atoms with E-state index in [9.17, 15) is 9.59 Å². The Bertz CT molecular complexity index is 546. The second-order valence-electron chi connectivity index (χ2n) is 5.70. The van der Waals surface area contributed by atoms with Gasteiger partial charge in [-0.25, -0.2) is 9.89 Å². The Morgan fingerprint density at radius 1 is 1.38 bits per heavy atom. The average molecular weight is 295 g/mol. The normalized spacial score (nSPS) is 25.2. The molecule has 1 aromatic heterocycles. The summed E-state index contributed by atoms with van der Waals surface area (Å²) in [5.74, 6) is 0.134. The van der Waals surface area contributed by atoms with Crippen molar-refractivity contribution in [2.24, 2.45) is 0 Å². The highest BCUT2D eigenvalue weighted by molar-refractivity contribution is 5.82. The van der Waals surface area contributed by atoms with E-state index in [1.165, 1.54) is 6.33 Å². The molecule has 8 heteroatoms. The van der Waals surface area contributed by atoms with Gasteiger partial charge in [0.15, 0.2) is 0 Å². The molecule has 8 nitrogen and oxygen atoms in total. The minimum Gasteiger partial charge on any atom is -0.378 e. The number of nitrogens with zero attached hydrogens (tertiary/aromatic N) is 4. The summed E-state index contributed by atoms with van der Waals surface area (Å²) in [6, 6.07) is -0.0485. The molecule has 1 N–H and O–H groups in total. The van der Waals surface area contributed by atoms with Crippen LogP contribution in [0.1, 0.15) is 18.9 Å². The second kappa shape index (κ2) is 5.98. The predicted molar refractivity (Wildman–Crippen MR) is 74.9 cm³/mol. The number of morpholine rings is 1. The Labute approximate surface area is 122 Å². The van der Waals surface area contributed by atoms with Gasteiger partial charge in [-0.05, 0) is 19.9 Å². The summed E-state index contributed by atoms with van der Waals surface area (Å²) in [4.78, 5) is 28.0. The first-order valence-electron chi connectivity index (χ1n) is 7.35. The van der Waals surface area contributed by atoms with Crippen molar-refractivity contribution in [1.82, 2.24) is 24.6 Å². The lowest BCUT2D eigenvalue weighted by Gasteiger charge is -2.38. The lowest BCUT2D eigenvalue weighted by atomic mass is 10.0. The highest BCUT2D eigenvalue weighted by Gasteiger charge is 2.33. The van der Waals surface area contributed by atoms with Crippen LogP contribution in [-0.2, 0) is 9.53 Å². The second-order valence-corrected chi connectivity index (χ2v) is 5.70. The molecule has 0 spiro atoms. The number of likely N-dealkylation sites (N-methyl/N-ethyl adjacent to an activating group) is 1. The molecule has 0 aromatic carbocycles. The van der Waals surface area contributed by atoms with Crippen LogP contribution in [0.4, 0.5) is 0 Å². The molecule has 2 fully saturated rings. The summed E-state index contributed by atoms with van der Waals surface area (Å²) in [5.41, 5.74) is -0.180. The molecule has 21 heavy (non-hydrogen) atoms. The fourth-order valence-corrected chi connectivity index (χ4v) is 3.04. The van der Waals surface area contributed by atoms with E-state index in [1.54, 1.807) is 4.57 Å². The monoisotopic (exact) mass is 295 g/mol. The van der Waals surface area contributed by atoms with Crippen molar-refractivity contribution in [3.63, 3.8) is 0 Å². The highest BCUT2D eigenvalue weighted by atomic mass is 16.5. The quantitative estimate of drug-likeness (QED) is 0.762. The number of carbonyl (C=O) groups excluding carboxylic acids is 1. The lowest BCUT2D eigenvalue weighted by Crippen LogP contribution is -2.54. The van der Waals surface area contributed by atoms with Gasteiger partial charge in [-0.1, -0.05) is 0 Å². The van der Waals surface area contributed by atoms with E-state index in [4.69, 9.17) is 4.74 Å². The molecule has 1 aromatic rings. The summed E-state index contributed by atoms with van der Waals surface area (Å²) in [7, 11) is 1.96. The molecule has 3 heterocycles. The molecule has 0 bridgehead atoms. The predicted octanol–water partition coefficient (Wildman–Crippen LogP) is -0.934. The van der Waals surface area contributed by atoms with Gasteiger partial charge in [-0.15, -0.1) is 0 Å². The van der Waals surface area contributed by atoms with Crippen LogP contribution in [0.2, 0.25) is 0 Å². The third-order valence-corrected chi connectivity index (χ3v) is 4.43. The van der Waals surface area contributed by atoms with Crippen molar-refractivity contribution in [3.05, 3.63) is 16.8 Å². The van der Waals surface area contributed by atoms with Crippen LogP contribution in [0.5, 0.6) is 0 Å². The maximum absolute atomic E-state index is 12.5. The van der Waals surface area contributed by atoms with Gasteiger partial charge in [0.2, 0.25) is 5.91 Å². The van der Waals surface area contributed by atoms with E-state index < -0.39 is 0 Å². The molecule has 0 radical (unpaired) electrons. The van der Waals surface area contributed by atoms with Crippen molar-refractivity contribution >= 4 is 5.91 Å². The molecule has 116 valence electrons. The van der Waals surface area contributed by atoms with Crippen LogP contribution in [0.25, 0.3) is 0 Å². The summed E-state index contributed by atoms with van der Waals surface area (Å²) in [5, 5.41) is 6.17. The van der Waals surface area contributed by atoms with Gasteiger partial charge in [0.25, 0.3) is 0 Å². The largest absolute Gasteiger partial charge is 0.378 e. The maximum atomic E-state index is 12.5. The van der Waals surface area contributed by atoms with Crippen LogP contribution >= 0.6 is 0 Å². The van der Waals surface area contributed by atoms with Gasteiger partial charge in [-0.2, -0.15) is 5.10 Å². The fourth-order valence-electron chi connectivity index (χ4n) is 3.04. The number of hydrogen-bond acceptors (Lipinski definition) is 5. The summed E-state index contributed by atoms with van der Waals surface area (Å²) in [6.45, 7) is 3.29. The third kappa shape index (κ3) is 2.86. The molecule has 1 amide bonds. The van der Waals surface area contributed by atoms with Crippen molar-refractivity contribution in [2.45, 2.75) is 24.9 Å². The smallest absolute Gasteiger partial charge is 0.343 e. The number of aromatic amines is 1. The first kappa shape index (κ1) is 14.3. The Kier molecular flexibility index (Phi) is 4.07. The van der Waals surface area contributed by atoms with E-state index in [1.807, 2.05) is 11.9 Å². The maximum Gasteiger partial charge on any atom is 0.343 e. The first-order valence-corrected chi connectivity index (χ1v) is 7.35. The molecule has 0 saturated carbocycles. The van der Waals surface area contributed by atoms with Gasteiger partial charge in [0.05, 0.1) is 13.2 Å². The molecule has 1 atom stereocenters. The minimum absolute atomic E-state index is 0.126. The zero-order valence-corrected chi connectivity index (χ0v) is 12.2. The molecular weight excluding hydrogens is 274 g/mol. The standard InChI is InChI=1S/C13H21N5O3/c1-16-6-7-21-8-11(16)12(19)17-4-2-10(3-5-17)18-9-14-15-13(18)20/h9-11H,2-8H2,1H3,(H,15,20). The topological polar surface area (TPSA) is 83.5 Å². The van der Waals surface area contributed by atoms with Crippen LogP contribution in [0, 0.1) is 0 Å². The van der Waals surface area contributed by atoms with Gasteiger partial charge in [-0.3, -0.25) is 14.3 Å². The SMILES string of the molecule is CN1CCOCC1C(=O)N1CCC(n2cn[nH]c2=O)CC1. The van der Waals surface area contributed by atoms with Crippen molar-refractivity contribution in [2.75, 3.05) is 39.9 Å². The Balaban J connectivity index is 1.59. The van der Waals surface area contributed by atoms with Gasteiger partial charge < -0.3 is 9.64 Å². The van der Waals surface area contributed by atoms with Crippen molar-refractivity contribution in [3.8, 4) is 0 Å². The lowest BCUT2D eigenvalue weighted by molar-refractivity contribution is -0.143. The van der Waals surface area contributed by atoms with E-state index in [0.29, 0.717) is 26.3 Å². The molecule has 3 rings (SSSR count). The van der Waals surface area contributed by atoms with Crippen LogP contribution < -0.4 is 5.69 Å². The first-order chi connectivity index (χ1) is 10.2. The van der Waals surface area contributed by atoms with Gasteiger partial charge in [0.1, 0.15) is 12.4 Å². The number of carbonyl (C=O) groups is 1. The van der Waals surface area contributed by atoms with Crippen molar-refractivity contribution in [1.29, 1.82) is 0 Å². The van der Waals surface area contributed by atoms with Crippen molar-refractivity contribution < 1.29 is 9.53 Å². The van der Waals surface area contributed by atoms with Crippen LogP contribution in [-0.4, -0.2) is 76.4 Å². The Morgan fingerprint density at radius 2 is 2.14 bits per heavy atom. The summed E-state index contributed by atoms with van der Waals surface area (Å²) >= 11 is 0. The summed E-state index contributed by atoms with van der Waals surface area (Å²) in [6.07, 6.45) is 3.10. The zero-order valence-electron chi connectivity index (χ0n) is 12.2. The fraction of sp³-hybridized carbons (Fsp3) is 0.769. The molecular formula is C13H21N5O3. The number of likely N-dealkylation sites (tertiary alicyclic amines) is 1. The van der Waals surface area contributed by atoms with E-state index >= 15 is 0 Å². The molecule has 2 aliphatic heterocycles. The van der Waals surface area contributed by atoms with Gasteiger partial charge >= 0.3 is 5.69 Å². The number of piperidine rings is 1. The molecule has 1 unspecified atom stereocenters. The zero-order chi connectivity index (χ0) is 14.8. The summed E-state index contributed by atoms with van der Waals surface area (Å²) < 4.78 is 7.04. The number of aromatic nitrogens is 3. The Morgan fingerprint density at radius 3 is 2.76 bits per heavy atom.